The third-order valence-electron chi connectivity index (χ3n) is 5.23. The smallest absolute Gasteiger partial charge is 0.224 e. The van der Waals surface area contributed by atoms with Crippen molar-refractivity contribution in [2.24, 2.45) is 0 Å². The van der Waals surface area contributed by atoms with Gasteiger partial charge in [0.15, 0.2) is 0 Å². The van der Waals surface area contributed by atoms with Gasteiger partial charge in [-0.3, -0.25) is 9.59 Å². The number of hydrogen-bond donors (Lipinski definition) is 0. The second-order valence-electron chi connectivity index (χ2n) is 8.19. The van der Waals surface area contributed by atoms with Crippen LogP contribution >= 0.6 is 0 Å². The molecule has 2 rings (SSSR count). The van der Waals surface area contributed by atoms with Gasteiger partial charge in [0, 0.05) is 38.2 Å². The molecular weight excluding hydrogens is 360 g/mol. The Bertz CT molecular complexity index is 828. The van der Waals surface area contributed by atoms with E-state index in [0.29, 0.717) is 25.4 Å². The number of para-hydroxylation sites is 1. The van der Waals surface area contributed by atoms with Crippen molar-refractivity contribution < 1.29 is 9.59 Å². The SMILES string of the molecule is CC(=O)N(CCC(=O)N(Cc1ccccc1)C(C)C)c1c(C)cccc1C(C)C. The first-order valence-electron chi connectivity index (χ1n) is 10.4. The highest BCUT2D eigenvalue weighted by atomic mass is 16.2. The number of carbonyl (C=O) groups is 2. The maximum Gasteiger partial charge on any atom is 0.224 e. The normalized spacial score (nSPS) is 11.0. The van der Waals surface area contributed by atoms with E-state index in [1.165, 1.54) is 0 Å². The molecule has 0 aromatic heterocycles. The molecule has 0 spiro atoms. The second kappa shape index (κ2) is 10.2. The van der Waals surface area contributed by atoms with Gasteiger partial charge in [-0.05, 0) is 43.4 Å². The van der Waals surface area contributed by atoms with E-state index in [4.69, 9.17) is 0 Å². The molecule has 0 radical (unpaired) electrons. The van der Waals surface area contributed by atoms with Crippen molar-refractivity contribution in [2.45, 2.75) is 66.5 Å². The van der Waals surface area contributed by atoms with Crippen LogP contribution in [0.5, 0.6) is 0 Å². The fourth-order valence-electron chi connectivity index (χ4n) is 3.63. The van der Waals surface area contributed by atoms with Gasteiger partial charge in [-0.25, -0.2) is 0 Å². The lowest BCUT2D eigenvalue weighted by atomic mass is 9.97. The van der Waals surface area contributed by atoms with Gasteiger partial charge >= 0.3 is 0 Å². The number of carbonyl (C=O) groups excluding carboxylic acids is 2. The van der Waals surface area contributed by atoms with E-state index in [1.54, 1.807) is 11.8 Å². The fourth-order valence-corrected chi connectivity index (χ4v) is 3.63. The molecule has 0 heterocycles. The summed E-state index contributed by atoms with van der Waals surface area (Å²) in [6.07, 6.45) is 0.302. The van der Waals surface area contributed by atoms with Crippen LogP contribution in [0.25, 0.3) is 0 Å². The molecule has 29 heavy (non-hydrogen) atoms. The van der Waals surface area contributed by atoms with E-state index in [-0.39, 0.29) is 17.9 Å². The average Bonchev–Trinajstić information content (AvgIpc) is 2.67. The molecule has 0 fully saturated rings. The van der Waals surface area contributed by atoms with Crippen LogP contribution in [0, 0.1) is 6.92 Å². The predicted molar refractivity (Wildman–Crippen MR) is 120 cm³/mol. The van der Waals surface area contributed by atoms with Crippen LogP contribution in [-0.2, 0) is 16.1 Å². The lowest BCUT2D eigenvalue weighted by Crippen LogP contribution is -2.40. The minimum absolute atomic E-state index is 0.0341. The Morgan fingerprint density at radius 1 is 0.931 bits per heavy atom. The van der Waals surface area contributed by atoms with Gasteiger partial charge in [-0.2, -0.15) is 0 Å². The molecule has 2 aromatic carbocycles. The quantitative estimate of drug-likeness (QED) is 0.610. The molecule has 2 amide bonds. The minimum atomic E-state index is -0.0341. The fraction of sp³-hybridized carbons (Fsp3) is 0.440. The monoisotopic (exact) mass is 394 g/mol. The number of benzene rings is 2. The summed E-state index contributed by atoms with van der Waals surface area (Å²) in [5.74, 6) is 0.329. The molecule has 0 N–H and O–H groups in total. The molecule has 0 aliphatic rings. The molecule has 0 unspecified atom stereocenters. The first-order valence-corrected chi connectivity index (χ1v) is 10.4. The van der Waals surface area contributed by atoms with Crippen molar-refractivity contribution in [3.63, 3.8) is 0 Å². The first-order chi connectivity index (χ1) is 13.7. The molecule has 2 aromatic rings. The lowest BCUT2D eigenvalue weighted by molar-refractivity contribution is -0.133. The molecular formula is C25H34N2O2. The summed E-state index contributed by atoms with van der Waals surface area (Å²) in [5.41, 5.74) is 4.25. The third kappa shape index (κ3) is 5.93. The third-order valence-corrected chi connectivity index (χ3v) is 5.23. The van der Waals surface area contributed by atoms with Crippen LogP contribution in [0.1, 0.15) is 63.6 Å². The largest absolute Gasteiger partial charge is 0.336 e. The van der Waals surface area contributed by atoms with E-state index in [0.717, 1.165) is 22.4 Å². The van der Waals surface area contributed by atoms with Gasteiger partial charge in [0.05, 0.1) is 0 Å². The van der Waals surface area contributed by atoms with Gasteiger partial charge in [0.1, 0.15) is 0 Å². The van der Waals surface area contributed by atoms with Crippen LogP contribution < -0.4 is 4.90 Å². The maximum absolute atomic E-state index is 13.0. The van der Waals surface area contributed by atoms with Crippen LogP contribution in [0.3, 0.4) is 0 Å². The molecule has 0 aliphatic heterocycles. The van der Waals surface area contributed by atoms with Crippen molar-refractivity contribution in [1.82, 2.24) is 4.90 Å². The summed E-state index contributed by atoms with van der Waals surface area (Å²) < 4.78 is 0. The van der Waals surface area contributed by atoms with E-state index >= 15 is 0 Å². The van der Waals surface area contributed by atoms with Gasteiger partial charge in [-0.1, -0.05) is 62.4 Å². The van der Waals surface area contributed by atoms with Crippen LogP contribution in [0.2, 0.25) is 0 Å². The Kier molecular flexibility index (Phi) is 8.00. The Balaban J connectivity index is 2.20. The van der Waals surface area contributed by atoms with Crippen molar-refractivity contribution in [3.05, 3.63) is 65.2 Å². The van der Waals surface area contributed by atoms with Gasteiger partial charge in [0.25, 0.3) is 0 Å². The summed E-state index contributed by atoms with van der Waals surface area (Å²) in [4.78, 5) is 29.2. The zero-order chi connectivity index (χ0) is 21.6. The van der Waals surface area contributed by atoms with Gasteiger partial charge in [0.2, 0.25) is 11.8 Å². The number of aryl methyl sites for hydroxylation is 1. The Hall–Kier alpha value is -2.62. The second-order valence-corrected chi connectivity index (χ2v) is 8.19. The maximum atomic E-state index is 13.0. The molecule has 4 heteroatoms. The number of rotatable bonds is 8. The van der Waals surface area contributed by atoms with Crippen LogP contribution in [0.15, 0.2) is 48.5 Å². The highest BCUT2D eigenvalue weighted by Crippen LogP contribution is 2.31. The first kappa shape index (κ1) is 22.7. The molecule has 0 bridgehead atoms. The van der Waals surface area contributed by atoms with Crippen molar-refractivity contribution in [2.75, 3.05) is 11.4 Å². The molecule has 0 saturated heterocycles. The molecule has 156 valence electrons. The van der Waals surface area contributed by atoms with Crippen molar-refractivity contribution >= 4 is 17.5 Å². The van der Waals surface area contributed by atoms with E-state index in [2.05, 4.69) is 19.9 Å². The molecule has 0 aliphatic carbocycles. The molecule has 0 atom stereocenters. The van der Waals surface area contributed by atoms with Crippen LogP contribution in [0.4, 0.5) is 5.69 Å². The predicted octanol–water partition coefficient (Wildman–Crippen LogP) is 5.30. The minimum Gasteiger partial charge on any atom is -0.336 e. The summed E-state index contributed by atoms with van der Waals surface area (Å²) in [6, 6.07) is 16.2. The number of amides is 2. The summed E-state index contributed by atoms with van der Waals surface area (Å²) >= 11 is 0. The highest BCUT2D eigenvalue weighted by Gasteiger charge is 2.23. The van der Waals surface area contributed by atoms with Gasteiger partial charge < -0.3 is 9.80 Å². The Morgan fingerprint density at radius 3 is 2.14 bits per heavy atom. The van der Waals surface area contributed by atoms with Crippen molar-refractivity contribution in [1.29, 1.82) is 0 Å². The topological polar surface area (TPSA) is 40.6 Å². The zero-order valence-electron chi connectivity index (χ0n) is 18.6. The van der Waals surface area contributed by atoms with E-state index in [9.17, 15) is 9.59 Å². The van der Waals surface area contributed by atoms with Crippen molar-refractivity contribution in [3.8, 4) is 0 Å². The molecule has 0 saturated carbocycles. The van der Waals surface area contributed by atoms with E-state index in [1.807, 2.05) is 68.1 Å². The standard InChI is InChI=1S/C25H34N2O2/c1-18(2)23-14-10-11-20(5)25(23)26(21(6)28)16-15-24(29)27(19(3)4)17-22-12-8-7-9-13-22/h7-14,18-19H,15-17H2,1-6H3. The number of nitrogens with zero attached hydrogens (tertiary/aromatic N) is 2. The summed E-state index contributed by atoms with van der Waals surface area (Å²) in [6.45, 7) is 12.9. The van der Waals surface area contributed by atoms with Gasteiger partial charge in [-0.15, -0.1) is 0 Å². The molecule has 4 nitrogen and oxygen atoms in total. The Morgan fingerprint density at radius 2 is 1.59 bits per heavy atom. The Labute approximate surface area is 175 Å². The van der Waals surface area contributed by atoms with E-state index < -0.39 is 0 Å². The van der Waals surface area contributed by atoms with Crippen LogP contribution in [-0.4, -0.2) is 29.3 Å². The number of anilines is 1. The number of hydrogen-bond acceptors (Lipinski definition) is 2. The summed E-state index contributed by atoms with van der Waals surface area (Å²) in [5, 5.41) is 0. The summed E-state index contributed by atoms with van der Waals surface area (Å²) in [7, 11) is 0. The lowest BCUT2D eigenvalue weighted by Gasteiger charge is -2.30. The highest BCUT2D eigenvalue weighted by molar-refractivity contribution is 5.94. The zero-order valence-corrected chi connectivity index (χ0v) is 18.6. The average molecular weight is 395 g/mol.